The Morgan fingerprint density at radius 1 is 1.21 bits per heavy atom. The topological polar surface area (TPSA) is 52.0 Å². The highest BCUT2D eigenvalue weighted by atomic mass is 35.5. The molecule has 0 fully saturated rings. The predicted molar refractivity (Wildman–Crippen MR) is 73.6 cm³/mol. The first kappa shape index (κ1) is 12.0. The number of aryl methyl sites for hydroxylation is 1. The van der Waals surface area contributed by atoms with E-state index in [-0.39, 0.29) is 5.82 Å². The van der Waals surface area contributed by atoms with Gasteiger partial charge in [-0.3, -0.25) is 0 Å². The van der Waals surface area contributed by atoms with Crippen LogP contribution in [0.25, 0.3) is 22.6 Å². The van der Waals surface area contributed by atoms with Gasteiger partial charge in [-0.25, -0.2) is 9.37 Å². The summed E-state index contributed by atoms with van der Waals surface area (Å²) in [6.45, 7) is 1.81. The van der Waals surface area contributed by atoms with Crippen LogP contribution in [0.3, 0.4) is 0 Å². The van der Waals surface area contributed by atoms with Crippen LogP contribution in [0.4, 0.5) is 10.1 Å². The van der Waals surface area contributed by atoms with Gasteiger partial charge in [0.2, 0.25) is 5.89 Å². The van der Waals surface area contributed by atoms with E-state index in [1.165, 1.54) is 12.1 Å². The summed E-state index contributed by atoms with van der Waals surface area (Å²) >= 11 is 5.93. The number of hydrogen-bond donors (Lipinski definition) is 1. The van der Waals surface area contributed by atoms with Gasteiger partial charge >= 0.3 is 0 Å². The van der Waals surface area contributed by atoms with Gasteiger partial charge < -0.3 is 10.2 Å². The van der Waals surface area contributed by atoms with Gasteiger partial charge in [-0.15, -0.1) is 0 Å². The maximum Gasteiger partial charge on any atom is 0.227 e. The van der Waals surface area contributed by atoms with Gasteiger partial charge in [0, 0.05) is 11.6 Å². The van der Waals surface area contributed by atoms with Crippen molar-refractivity contribution in [3.05, 3.63) is 46.7 Å². The molecule has 0 aliphatic heterocycles. The van der Waals surface area contributed by atoms with Crippen LogP contribution in [0, 0.1) is 12.7 Å². The van der Waals surface area contributed by atoms with E-state index in [2.05, 4.69) is 4.98 Å². The van der Waals surface area contributed by atoms with E-state index < -0.39 is 0 Å². The molecule has 2 N–H and O–H groups in total. The van der Waals surface area contributed by atoms with Crippen LogP contribution in [0.1, 0.15) is 5.56 Å². The van der Waals surface area contributed by atoms with Crippen LogP contribution < -0.4 is 5.73 Å². The molecule has 5 heteroatoms. The lowest BCUT2D eigenvalue weighted by atomic mass is 10.1. The van der Waals surface area contributed by atoms with Gasteiger partial charge in [0.05, 0.1) is 10.7 Å². The molecule has 1 heterocycles. The number of fused-ring (bicyclic) bond motifs is 1. The minimum absolute atomic E-state index is 0.324. The number of nitrogens with zero attached hydrogens (tertiary/aromatic N) is 1. The Labute approximate surface area is 113 Å². The molecule has 1 aromatic heterocycles. The standard InChI is InChI=1S/C14H10ClFN2O/c1-7-2-8(4-9(16)3-7)14-18-12-5-10(15)11(17)6-13(12)19-14/h2-6H,17H2,1H3. The Bertz CT molecular complexity index is 723. The first-order valence-electron chi connectivity index (χ1n) is 5.66. The highest BCUT2D eigenvalue weighted by Crippen LogP contribution is 2.30. The monoisotopic (exact) mass is 276 g/mol. The maximum atomic E-state index is 13.4. The van der Waals surface area contributed by atoms with Crippen LogP contribution in [-0.4, -0.2) is 4.98 Å². The molecule has 0 amide bonds. The predicted octanol–water partition coefficient (Wildman–Crippen LogP) is 4.18. The first-order valence-corrected chi connectivity index (χ1v) is 6.04. The minimum atomic E-state index is -0.324. The van der Waals surface area contributed by atoms with Gasteiger partial charge in [-0.05, 0) is 36.8 Å². The van der Waals surface area contributed by atoms with Crippen molar-refractivity contribution < 1.29 is 8.81 Å². The van der Waals surface area contributed by atoms with Crippen LogP contribution in [0.15, 0.2) is 34.7 Å². The summed E-state index contributed by atoms with van der Waals surface area (Å²) in [6, 6.07) is 7.87. The highest BCUT2D eigenvalue weighted by molar-refractivity contribution is 6.33. The second kappa shape index (κ2) is 4.24. The molecule has 0 atom stereocenters. The molecule has 0 aliphatic carbocycles. The number of oxazole rings is 1. The second-order valence-corrected chi connectivity index (χ2v) is 4.78. The van der Waals surface area contributed by atoms with Crippen molar-refractivity contribution in [1.29, 1.82) is 0 Å². The Morgan fingerprint density at radius 2 is 2.00 bits per heavy atom. The Hall–Kier alpha value is -2.07. The van der Waals surface area contributed by atoms with E-state index in [0.29, 0.717) is 33.3 Å². The summed E-state index contributed by atoms with van der Waals surface area (Å²) in [5, 5.41) is 0.419. The number of benzene rings is 2. The molecular formula is C14H10ClFN2O. The summed E-state index contributed by atoms with van der Waals surface area (Å²) in [4.78, 5) is 4.29. The molecule has 19 heavy (non-hydrogen) atoms. The number of hydrogen-bond acceptors (Lipinski definition) is 3. The van der Waals surface area contributed by atoms with E-state index >= 15 is 0 Å². The molecule has 0 unspecified atom stereocenters. The maximum absolute atomic E-state index is 13.4. The summed E-state index contributed by atoms with van der Waals surface area (Å²) in [5.41, 5.74) is 8.63. The van der Waals surface area contributed by atoms with Crippen molar-refractivity contribution in [3.8, 4) is 11.5 Å². The van der Waals surface area contributed by atoms with Crippen LogP contribution in [-0.2, 0) is 0 Å². The van der Waals surface area contributed by atoms with Crippen molar-refractivity contribution in [3.63, 3.8) is 0 Å². The average Bonchev–Trinajstić information content (AvgIpc) is 2.71. The third-order valence-corrected chi connectivity index (χ3v) is 3.12. The fourth-order valence-electron chi connectivity index (χ4n) is 1.95. The molecule has 0 bridgehead atoms. The molecule has 0 spiro atoms. The molecule has 0 saturated heterocycles. The quantitative estimate of drug-likeness (QED) is 0.678. The SMILES string of the molecule is Cc1cc(F)cc(-c2nc3cc(Cl)c(N)cc3o2)c1. The second-order valence-electron chi connectivity index (χ2n) is 4.38. The van der Waals surface area contributed by atoms with E-state index in [9.17, 15) is 4.39 Å². The molecular weight excluding hydrogens is 267 g/mol. The fraction of sp³-hybridized carbons (Fsp3) is 0.0714. The molecule has 3 rings (SSSR count). The molecule has 3 nitrogen and oxygen atoms in total. The van der Waals surface area contributed by atoms with Gasteiger partial charge in [0.1, 0.15) is 11.3 Å². The summed E-state index contributed by atoms with van der Waals surface area (Å²) < 4.78 is 19.0. The van der Waals surface area contributed by atoms with Gasteiger partial charge in [-0.2, -0.15) is 0 Å². The Kier molecular flexibility index (Phi) is 2.68. The first-order chi connectivity index (χ1) is 9.02. The van der Waals surface area contributed by atoms with E-state index in [1.54, 1.807) is 18.2 Å². The van der Waals surface area contributed by atoms with Crippen LogP contribution >= 0.6 is 11.6 Å². The molecule has 0 saturated carbocycles. The van der Waals surface area contributed by atoms with Crippen molar-refractivity contribution in [1.82, 2.24) is 4.98 Å². The third-order valence-electron chi connectivity index (χ3n) is 2.80. The summed E-state index contributed by atoms with van der Waals surface area (Å²) in [5.74, 6) is 0.0223. The average molecular weight is 277 g/mol. The summed E-state index contributed by atoms with van der Waals surface area (Å²) in [7, 11) is 0. The number of rotatable bonds is 1. The molecule has 0 aliphatic rings. The lowest BCUT2D eigenvalue weighted by Crippen LogP contribution is -1.84. The lowest BCUT2D eigenvalue weighted by Gasteiger charge is -1.98. The van der Waals surface area contributed by atoms with Crippen LogP contribution in [0.2, 0.25) is 5.02 Å². The van der Waals surface area contributed by atoms with Gasteiger partial charge in [0.25, 0.3) is 0 Å². The summed E-state index contributed by atoms with van der Waals surface area (Å²) in [6.07, 6.45) is 0. The van der Waals surface area contributed by atoms with Gasteiger partial charge in [0.15, 0.2) is 5.58 Å². The number of halogens is 2. The zero-order valence-corrected chi connectivity index (χ0v) is 10.8. The van der Waals surface area contributed by atoms with E-state index in [4.69, 9.17) is 21.8 Å². The molecule has 2 aromatic carbocycles. The zero-order valence-electron chi connectivity index (χ0n) is 10.1. The Balaban J connectivity index is 2.20. The Morgan fingerprint density at radius 3 is 2.74 bits per heavy atom. The van der Waals surface area contributed by atoms with Gasteiger partial charge in [-0.1, -0.05) is 11.6 Å². The highest BCUT2D eigenvalue weighted by Gasteiger charge is 2.11. The molecule has 3 aromatic rings. The van der Waals surface area contributed by atoms with Crippen molar-refractivity contribution in [2.45, 2.75) is 6.92 Å². The van der Waals surface area contributed by atoms with Crippen LogP contribution in [0.5, 0.6) is 0 Å². The molecule has 96 valence electrons. The lowest BCUT2D eigenvalue weighted by molar-refractivity contribution is 0.610. The van der Waals surface area contributed by atoms with E-state index in [1.807, 2.05) is 6.92 Å². The number of nitrogens with two attached hydrogens (primary N) is 1. The van der Waals surface area contributed by atoms with Crippen molar-refractivity contribution in [2.24, 2.45) is 0 Å². The normalized spacial score (nSPS) is 11.1. The smallest absolute Gasteiger partial charge is 0.227 e. The van der Waals surface area contributed by atoms with E-state index in [0.717, 1.165) is 5.56 Å². The number of anilines is 1. The largest absolute Gasteiger partial charge is 0.436 e. The molecule has 0 radical (unpaired) electrons. The minimum Gasteiger partial charge on any atom is -0.436 e. The van der Waals surface area contributed by atoms with Crippen molar-refractivity contribution >= 4 is 28.4 Å². The fourth-order valence-corrected chi connectivity index (χ4v) is 2.11. The third kappa shape index (κ3) is 2.15. The van der Waals surface area contributed by atoms with Crippen molar-refractivity contribution in [2.75, 3.05) is 5.73 Å². The number of nitrogen functional groups attached to an aromatic ring is 1. The number of aromatic nitrogens is 1. The zero-order chi connectivity index (χ0) is 13.6.